The van der Waals surface area contributed by atoms with Gasteiger partial charge < -0.3 is 8.98 Å². The number of aryl methyl sites for hydroxylation is 3. The zero-order valence-electron chi connectivity index (χ0n) is 16.1. The highest BCUT2D eigenvalue weighted by Gasteiger charge is 2.16. The molecule has 0 aliphatic carbocycles. The number of hydrazone groups is 1. The third kappa shape index (κ3) is 3.11. The van der Waals surface area contributed by atoms with Crippen LogP contribution in [0.15, 0.2) is 70.2 Å². The second-order valence-corrected chi connectivity index (χ2v) is 6.73. The molecule has 1 N–H and O–H groups in total. The molecule has 0 unspecified atom stereocenters. The molecule has 0 aliphatic rings. The van der Waals surface area contributed by atoms with Crippen molar-refractivity contribution in [2.45, 2.75) is 13.8 Å². The van der Waals surface area contributed by atoms with Crippen LogP contribution in [-0.4, -0.2) is 16.7 Å². The molecule has 2 aromatic carbocycles. The monoisotopic (exact) mass is 371 g/mol. The topological polar surface area (TPSA) is 59.5 Å². The number of carbonyl (C=O) groups is 1. The van der Waals surface area contributed by atoms with E-state index in [4.69, 9.17) is 4.42 Å². The first-order chi connectivity index (χ1) is 13.6. The standard InChI is InChI=1S/C23H21N3O2/c1-15-13-19(16(2)28-15)23(27)25-24-14-20-18-11-7-8-12-21(18)26(3)22(20)17-9-5-4-6-10-17/h4-14H,1-3H3,(H,25,27)/b24-14+. The van der Waals surface area contributed by atoms with Gasteiger partial charge in [0.15, 0.2) is 0 Å². The van der Waals surface area contributed by atoms with Crippen LogP contribution in [0.5, 0.6) is 0 Å². The second-order valence-electron chi connectivity index (χ2n) is 6.73. The van der Waals surface area contributed by atoms with Crippen LogP contribution in [0.2, 0.25) is 0 Å². The Kier molecular flexibility index (Phi) is 4.57. The smallest absolute Gasteiger partial charge is 0.274 e. The van der Waals surface area contributed by atoms with Crippen molar-refractivity contribution in [1.82, 2.24) is 9.99 Å². The van der Waals surface area contributed by atoms with E-state index in [0.29, 0.717) is 17.1 Å². The van der Waals surface area contributed by atoms with Crippen molar-refractivity contribution in [1.29, 1.82) is 0 Å². The Morgan fingerprint density at radius 1 is 1.07 bits per heavy atom. The van der Waals surface area contributed by atoms with Crippen molar-refractivity contribution >= 4 is 23.0 Å². The van der Waals surface area contributed by atoms with Crippen LogP contribution in [0, 0.1) is 13.8 Å². The van der Waals surface area contributed by atoms with Gasteiger partial charge in [-0.25, -0.2) is 5.43 Å². The van der Waals surface area contributed by atoms with Gasteiger partial charge in [-0.15, -0.1) is 0 Å². The molecule has 5 nitrogen and oxygen atoms in total. The van der Waals surface area contributed by atoms with Crippen LogP contribution in [0.25, 0.3) is 22.2 Å². The molecule has 0 radical (unpaired) electrons. The van der Waals surface area contributed by atoms with E-state index in [-0.39, 0.29) is 5.91 Å². The summed E-state index contributed by atoms with van der Waals surface area (Å²) in [6.07, 6.45) is 1.71. The number of amides is 1. The van der Waals surface area contributed by atoms with Crippen molar-refractivity contribution in [3.8, 4) is 11.3 Å². The lowest BCUT2D eigenvalue weighted by atomic mass is 10.1. The first-order valence-electron chi connectivity index (χ1n) is 9.09. The molecule has 0 saturated carbocycles. The minimum Gasteiger partial charge on any atom is -0.466 e. The summed E-state index contributed by atoms with van der Waals surface area (Å²) < 4.78 is 7.57. The van der Waals surface area contributed by atoms with Crippen molar-refractivity contribution < 1.29 is 9.21 Å². The molecule has 0 aliphatic heterocycles. The van der Waals surface area contributed by atoms with E-state index < -0.39 is 0 Å². The SMILES string of the molecule is Cc1cc(C(=O)N/N=C/c2c(-c3ccccc3)n(C)c3ccccc23)c(C)o1. The summed E-state index contributed by atoms with van der Waals surface area (Å²) in [5.74, 6) is 1.000. The van der Waals surface area contributed by atoms with Crippen LogP contribution in [0.1, 0.15) is 27.4 Å². The highest BCUT2D eigenvalue weighted by molar-refractivity contribution is 6.07. The Bertz CT molecular complexity index is 1180. The van der Waals surface area contributed by atoms with E-state index in [1.165, 1.54) is 0 Å². The maximum absolute atomic E-state index is 12.4. The molecule has 0 spiro atoms. The lowest BCUT2D eigenvalue weighted by molar-refractivity contribution is 0.0953. The highest BCUT2D eigenvalue weighted by Crippen LogP contribution is 2.31. The Morgan fingerprint density at radius 2 is 1.79 bits per heavy atom. The normalized spacial score (nSPS) is 11.4. The van der Waals surface area contributed by atoms with Gasteiger partial charge in [-0.1, -0.05) is 48.5 Å². The molecule has 4 rings (SSSR count). The van der Waals surface area contributed by atoms with E-state index in [1.807, 2.05) is 44.3 Å². The highest BCUT2D eigenvalue weighted by atomic mass is 16.3. The Labute approximate surface area is 163 Å². The van der Waals surface area contributed by atoms with Crippen LogP contribution in [0.4, 0.5) is 0 Å². The number of hydrogen-bond acceptors (Lipinski definition) is 3. The summed E-state index contributed by atoms with van der Waals surface area (Å²) in [6, 6.07) is 20.0. The number of nitrogens with zero attached hydrogens (tertiary/aromatic N) is 2. The Balaban J connectivity index is 1.73. The average Bonchev–Trinajstić information content (AvgIpc) is 3.19. The molecule has 2 heterocycles. The minimum absolute atomic E-state index is 0.285. The Hall–Kier alpha value is -3.60. The van der Waals surface area contributed by atoms with Crippen molar-refractivity contribution in [2.24, 2.45) is 12.1 Å². The van der Waals surface area contributed by atoms with E-state index in [2.05, 4.69) is 39.4 Å². The molecule has 0 bridgehead atoms. The summed E-state index contributed by atoms with van der Waals surface area (Å²) in [6.45, 7) is 3.58. The van der Waals surface area contributed by atoms with Crippen LogP contribution < -0.4 is 5.43 Å². The number of benzene rings is 2. The lowest BCUT2D eigenvalue weighted by Crippen LogP contribution is -2.17. The number of para-hydroxylation sites is 1. The zero-order valence-corrected chi connectivity index (χ0v) is 16.1. The number of carbonyl (C=O) groups excluding carboxylic acids is 1. The van der Waals surface area contributed by atoms with Crippen LogP contribution in [-0.2, 0) is 7.05 Å². The second kappa shape index (κ2) is 7.19. The van der Waals surface area contributed by atoms with Gasteiger partial charge in [0, 0.05) is 23.5 Å². The molecule has 28 heavy (non-hydrogen) atoms. The molecular formula is C23H21N3O2. The molecule has 5 heteroatoms. The fourth-order valence-corrected chi connectivity index (χ4v) is 3.57. The maximum Gasteiger partial charge on any atom is 0.274 e. The van der Waals surface area contributed by atoms with Gasteiger partial charge in [-0.2, -0.15) is 5.10 Å². The number of hydrogen-bond donors (Lipinski definition) is 1. The first kappa shape index (κ1) is 17.8. The van der Waals surface area contributed by atoms with Gasteiger partial charge in [-0.05, 0) is 31.5 Å². The maximum atomic E-state index is 12.4. The van der Waals surface area contributed by atoms with E-state index in [0.717, 1.165) is 27.7 Å². The third-order valence-corrected chi connectivity index (χ3v) is 4.84. The van der Waals surface area contributed by atoms with Gasteiger partial charge in [0.1, 0.15) is 11.5 Å². The molecular weight excluding hydrogens is 350 g/mol. The van der Waals surface area contributed by atoms with Crippen molar-refractivity contribution in [3.63, 3.8) is 0 Å². The zero-order chi connectivity index (χ0) is 19.7. The van der Waals surface area contributed by atoms with E-state index >= 15 is 0 Å². The summed E-state index contributed by atoms with van der Waals surface area (Å²) in [5.41, 5.74) is 7.33. The predicted octanol–water partition coefficient (Wildman–Crippen LogP) is 4.82. The number of fused-ring (bicyclic) bond motifs is 1. The van der Waals surface area contributed by atoms with Gasteiger partial charge in [-0.3, -0.25) is 4.79 Å². The molecule has 2 aromatic heterocycles. The first-order valence-corrected chi connectivity index (χ1v) is 9.09. The average molecular weight is 371 g/mol. The van der Waals surface area contributed by atoms with E-state index in [1.54, 1.807) is 19.2 Å². The third-order valence-electron chi connectivity index (χ3n) is 4.84. The number of rotatable bonds is 4. The fourth-order valence-electron chi connectivity index (χ4n) is 3.57. The van der Waals surface area contributed by atoms with Gasteiger partial charge in [0.25, 0.3) is 5.91 Å². The van der Waals surface area contributed by atoms with Gasteiger partial charge >= 0.3 is 0 Å². The predicted molar refractivity (Wildman–Crippen MR) is 112 cm³/mol. The van der Waals surface area contributed by atoms with Crippen molar-refractivity contribution in [2.75, 3.05) is 0 Å². The largest absolute Gasteiger partial charge is 0.466 e. The van der Waals surface area contributed by atoms with Crippen LogP contribution in [0.3, 0.4) is 0 Å². The summed E-state index contributed by atoms with van der Waals surface area (Å²) >= 11 is 0. The van der Waals surface area contributed by atoms with Crippen molar-refractivity contribution in [3.05, 3.63) is 83.3 Å². The lowest BCUT2D eigenvalue weighted by Gasteiger charge is -2.06. The van der Waals surface area contributed by atoms with Gasteiger partial charge in [0.05, 0.1) is 17.5 Å². The fraction of sp³-hybridized carbons (Fsp3) is 0.130. The molecule has 0 saturated heterocycles. The van der Waals surface area contributed by atoms with Gasteiger partial charge in [0.2, 0.25) is 0 Å². The minimum atomic E-state index is -0.285. The quantitative estimate of drug-likeness (QED) is 0.413. The molecule has 140 valence electrons. The molecule has 4 aromatic rings. The summed E-state index contributed by atoms with van der Waals surface area (Å²) in [5, 5.41) is 5.32. The van der Waals surface area contributed by atoms with Crippen LogP contribution >= 0.6 is 0 Å². The summed E-state index contributed by atoms with van der Waals surface area (Å²) in [4.78, 5) is 12.4. The molecule has 1 amide bonds. The number of aromatic nitrogens is 1. The Morgan fingerprint density at radius 3 is 2.50 bits per heavy atom. The molecule has 0 atom stereocenters. The number of furan rings is 1. The van der Waals surface area contributed by atoms with E-state index in [9.17, 15) is 4.79 Å². The number of nitrogens with one attached hydrogen (secondary N) is 1. The summed E-state index contributed by atoms with van der Waals surface area (Å²) in [7, 11) is 2.04. The molecule has 0 fully saturated rings.